The smallest absolute Gasteiger partial charge is 0.456 e. The molecule has 0 radical (unpaired) electrons. The van der Waals surface area contributed by atoms with Gasteiger partial charge < -0.3 is 14.6 Å². The molecular formula is C15H15NO4S. The lowest BCUT2D eigenvalue weighted by atomic mass is 10.2. The Morgan fingerprint density at radius 1 is 1.19 bits per heavy atom. The van der Waals surface area contributed by atoms with Crippen molar-refractivity contribution < 1.29 is 19.4 Å². The molecule has 1 aromatic heterocycles. The molecule has 0 bridgehead atoms. The first kappa shape index (κ1) is 15.1. The van der Waals surface area contributed by atoms with Crippen molar-refractivity contribution in [2.45, 2.75) is 19.6 Å². The molecular weight excluding hydrogens is 290 g/mol. The van der Waals surface area contributed by atoms with Gasteiger partial charge in [0, 0.05) is 0 Å². The van der Waals surface area contributed by atoms with E-state index in [0.717, 1.165) is 5.56 Å². The second-order valence-electron chi connectivity index (χ2n) is 4.36. The molecule has 0 aliphatic heterocycles. The summed E-state index contributed by atoms with van der Waals surface area (Å²) in [5, 5.41) is 14.6. The number of benzene rings is 1. The number of rotatable bonds is 5. The Morgan fingerprint density at radius 2 is 1.81 bits per heavy atom. The van der Waals surface area contributed by atoms with Crippen molar-refractivity contribution in [2.75, 3.05) is 4.31 Å². The summed E-state index contributed by atoms with van der Waals surface area (Å²) in [5.74, 6) is -1.31. The lowest BCUT2D eigenvalue weighted by molar-refractivity contribution is -0.306. The minimum Gasteiger partial charge on any atom is -0.548 e. The minimum absolute atomic E-state index is 0.0978. The fourth-order valence-electron chi connectivity index (χ4n) is 1.73. The van der Waals surface area contributed by atoms with Gasteiger partial charge in [0.15, 0.2) is 10.8 Å². The molecule has 110 valence electrons. The van der Waals surface area contributed by atoms with Crippen LogP contribution in [0.2, 0.25) is 0 Å². The number of hydrogen-bond acceptors (Lipinski definition) is 4. The summed E-state index contributed by atoms with van der Waals surface area (Å²) in [5.41, 5.74) is 0.841. The Balaban J connectivity index is 2.10. The summed E-state index contributed by atoms with van der Waals surface area (Å²) in [4.78, 5) is 23.3. The van der Waals surface area contributed by atoms with Crippen molar-refractivity contribution in [2.24, 2.45) is 0 Å². The Labute approximate surface area is 125 Å². The number of ether oxygens (including phenoxy) is 1. The zero-order valence-electron chi connectivity index (χ0n) is 11.5. The summed E-state index contributed by atoms with van der Waals surface area (Å²) >= 11 is 0. The third-order valence-corrected chi connectivity index (χ3v) is 4.64. The van der Waals surface area contributed by atoms with Gasteiger partial charge in [0.25, 0.3) is 0 Å². The highest BCUT2D eigenvalue weighted by Gasteiger charge is 2.32. The fraction of sp³-hybridized carbons (Fsp3) is 0.200. The van der Waals surface area contributed by atoms with Crippen LogP contribution in [0.15, 0.2) is 53.2 Å². The summed E-state index contributed by atoms with van der Waals surface area (Å²) in [6, 6.07) is 11.7. The molecule has 6 heteroatoms. The second kappa shape index (κ2) is 6.90. The second-order valence-corrected chi connectivity index (χ2v) is 6.00. The van der Waals surface area contributed by atoms with Gasteiger partial charge in [-0.3, -0.25) is 0 Å². The molecule has 2 aromatic rings. The van der Waals surface area contributed by atoms with E-state index < -0.39 is 28.8 Å². The normalized spacial score (nSPS) is 11.7. The minimum atomic E-state index is -1.31. The quantitative estimate of drug-likeness (QED) is 0.791. The van der Waals surface area contributed by atoms with Gasteiger partial charge >= 0.3 is 6.09 Å². The van der Waals surface area contributed by atoms with Gasteiger partial charge in [-0.25, -0.2) is 4.79 Å². The van der Waals surface area contributed by atoms with Gasteiger partial charge in [0.1, 0.15) is 23.3 Å². The number of carbonyl (C=O) groups excluding carboxylic acids is 2. The van der Waals surface area contributed by atoms with E-state index in [4.69, 9.17) is 4.74 Å². The lowest BCUT2D eigenvalue weighted by Crippen LogP contribution is -2.48. The first-order valence-electron chi connectivity index (χ1n) is 6.37. The standard InChI is InChI=1S/C15H15NO4S/c1-12(14(17)18)16(21-9-5-6-10-21)15(19)20-11-13-7-3-2-4-8-13/h2-10,12H,11H2,1H3. The number of carboxylic acids is 1. The molecule has 1 heterocycles. The summed E-state index contributed by atoms with van der Waals surface area (Å²) in [6.07, 6.45) is -0.671. The average Bonchev–Trinajstić information content (AvgIpc) is 3.00. The van der Waals surface area contributed by atoms with Gasteiger partial charge in [0.05, 0.1) is 5.97 Å². The highest BCUT2D eigenvalue weighted by molar-refractivity contribution is 7.31. The molecule has 0 spiro atoms. The Hall–Kier alpha value is -2.34. The van der Waals surface area contributed by atoms with Crippen molar-refractivity contribution in [1.82, 2.24) is 0 Å². The van der Waals surface area contributed by atoms with E-state index in [0.29, 0.717) is 0 Å². The fourth-order valence-corrected chi connectivity index (χ4v) is 3.27. The van der Waals surface area contributed by atoms with E-state index in [9.17, 15) is 14.7 Å². The van der Waals surface area contributed by atoms with Crippen LogP contribution in [-0.2, 0) is 16.1 Å². The van der Waals surface area contributed by atoms with Crippen LogP contribution in [0.1, 0.15) is 12.5 Å². The summed E-state index contributed by atoms with van der Waals surface area (Å²) in [7, 11) is -0.727. The van der Waals surface area contributed by atoms with Crippen LogP contribution >= 0.6 is 10.7 Å². The predicted molar refractivity (Wildman–Crippen MR) is 78.2 cm³/mol. The topological polar surface area (TPSA) is 69.7 Å². The van der Waals surface area contributed by atoms with E-state index >= 15 is 0 Å². The largest absolute Gasteiger partial charge is 0.548 e. The van der Waals surface area contributed by atoms with Crippen LogP contribution in [0.4, 0.5) is 4.79 Å². The summed E-state index contributed by atoms with van der Waals surface area (Å²) < 4.78 is 6.39. The zero-order chi connectivity index (χ0) is 15.2. The average molecular weight is 305 g/mol. The molecule has 21 heavy (non-hydrogen) atoms. The van der Waals surface area contributed by atoms with Gasteiger partial charge in [-0.2, -0.15) is 0 Å². The predicted octanol–water partition coefficient (Wildman–Crippen LogP) is 1.85. The van der Waals surface area contributed by atoms with Crippen LogP contribution < -0.4 is 9.41 Å². The van der Waals surface area contributed by atoms with Crippen molar-refractivity contribution in [1.29, 1.82) is 0 Å². The Bertz CT molecular complexity index is 597. The van der Waals surface area contributed by atoms with Crippen LogP contribution in [0.25, 0.3) is 0 Å². The van der Waals surface area contributed by atoms with Crippen LogP contribution in [0.5, 0.6) is 0 Å². The third kappa shape index (κ3) is 3.82. The van der Waals surface area contributed by atoms with E-state index in [1.54, 1.807) is 22.9 Å². The van der Waals surface area contributed by atoms with Crippen LogP contribution in [0, 0.1) is 0 Å². The number of carbonyl (C=O) groups is 2. The maximum Gasteiger partial charge on any atom is 0.456 e. The SMILES string of the molecule is CC(C(=O)[O-])N(C(=O)OCc1ccccc1)[s+]1cccc1. The highest BCUT2D eigenvalue weighted by Crippen LogP contribution is 2.24. The first-order valence-corrected chi connectivity index (χ1v) is 7.68. The first-order chi connectivity index (χ1) is 10.1. The number of thiophene rings is 1. The molecule has 1 amide bonds. The molecule has 1 atom stereocenters. The maximum atomic E-state index is 12.2. The molecule has 1 unspecified atom stereocenters. The van der Waals surface area contributed by atoms with Crippen LogP contribution in [0.3, 0.4) is 0 Å². The molecule has 0 fully saturated rings. The number of carboxylic acid groups (broad SMARTS) is 1. The molecule has 5 nitrogen and oxygen atoms in total. The van der Waals surface area contributed by atoms with Crippen molar-refractivity contribution >= 4 is 22.7 Å². The van der Waals surface area contributed by atoms with Gasteiger partial charge in [-0.05, 0) is 24.6 Å². The number of nitrogens with zero attached hydrogens (tertiary/aromatic N) is 1. The monoisotopic (exact) mass is 305 g/mol. The van der Waals surface area contributed by atoms with Crippen molar-refractivity contribution in [3.63, 3.8) is 0 Å². The third-order valence-electron chi connectivity index (χ3n) is 2.85. The zero-order valence-corrected chi connectivity index (χ0v) is 12.3. The van der Waals surface area contributed by atoms with E-state index in [1.165, 1.54) is 11.2 Å². The van der Waals surface area contributed by atoms with Crippen molar-refractivity contribution in [3.8, 4) is 0 Å². The van der Waals surface area contributed by atoms with Crippen LogP contribution in [-0.4, -0.2) is 18.1 Å². The highest BCUT2D eigenvalue weighted by atomic mass is 32.2. The Kier molecular flexibility index (Phi) is 4.94. The molecule has 0 aliphatic carbocycles. The number of aliphatic carboxylic acids is 1. The molecule has 2 rings (SSSR count). The van der Waals surface area contributed by atoms with Gasteiger partial charge in [0.2, 0.25) is 0 Å². The molecule has 1 aromatic carbocycles. The van der Waals surface area contributed by atoms with E-state index in [-0.39, 0.29) is 6.61 Å². The van der Waals surface area contributed by atoms with E-state index in [1.807, 2.05) is 30.3 Å². The number of hydrogen-bond donors (Lipinski definition) is 0. The maximum absolute atomic E-state index is 12.2. The molecule has 0 aliphatic rings. The van der Waals surface area contributed by atoms with Gasteiger partial charge in [-0.1, -0.05) is 34.6 Å². The van der Waals surface area contributed by atoms with E-state index in [2.05, 4.69) is 0 Å². The number of amides is 1. The molecule has 0 N–H and O–H groups in total. The molecule has 0 saturated carbocycles. The molecule has 0 saturated heterocycles. The summed E-state index contributed by atoms with van der Waals surface area (Å²) in [6.45, 7) is 1.51. The lowest BCUT2D eigenvalue weighted by Gasteiger charge is -2.21. The Morgan fingerprint density at radius 3 is 2.38 bits per heavy atom. The van der Waals surface area contributed by atoms with Gasteiger partial charge in [-0.15, -0.1) is 0 Å². The van der Waals surface area contributed by atoms with Crippen molar-refractivity contribution in [3.05, 3.63) is 58.8 Å².